The number of benzene rings is 2. The van der Waals surface area contributed by atoms with Crippen LogP contribution in [0.4, 0.5) is 4.39 Å². The van der Waals surface area contributed by atoms with Gasteiger partial charge in [-0.3, -0.25) is 14.3 Å². The molecule has 4 aromatic rings. The summed E-state index contributed by atoms with van der Waals surface area (Å²) in [6.45, 7) is 5.04. The summed E-state index contributed by atoms with van der Waals surface area (Å²) < 4.78 is 15.0. The summed E-state index contributed by atoms with van der Waals surface area (Å²) in [6.07, 6.45) is 0.886. The maximum atomic E-state index is 13.7. The van der Waals surface area contributed by atoms with Crippen LogP contribution in [0.1, 0.15) is 22.9 Å². The lowest BCUT2D eigenvalue weighted by Crippen LogP contribution is -2.30. The number of halogens is 1. The second kappa shape index (κ2) is 8.57. The molecule has 0 unspecified atom stereocenters. The largest absolute Gasteiger partial charge is 0.298 e. The molecule has 0 radical (unpaired) electrons. The van der Waals surface area contributed by atoms with Gasteiger partial charge in [0.1, 0.15) is 10.6 Å². The molecule has 4 nitrogen and oxygen atoms in total. The summed E-state index contributed by atoms with van der Waals surface area (Å²) in [7, 11) is 0. The summed E-state index contributed by atoms with van der Waals surface area (Å²) in [6, 6.07) is 16.2. The highest BCUT2D eigenvalue weighted by molar-refractivity contribution is 7.98. The Labute approximate surface area is 188 Å². The van der Waals surface area contributed by atoms with Gasteiger partial charge >= 0.3 is 0 Å². The van der Waals surface area contributed by atoms with Gasteiger partial charge in [0.15, 0.2) is 5.16 Å². The quantitative estimate of drug-likeness (QED) is 0.307. The minimum absolute atomic E-state index is 0.000236. The Bertz CT molecular complexity index is 1280. The van der Waals surface area contributed by atoms with Gasteiger partial charge in [0.25, 0.3) is 5.56 Å². The molecule has 2 aromatic heterocycles. The average Bonchev–Trinajstić information content (AvgIpc) is 3.17. The highest BCUT2D eigenvalue weighted by atomic mass is 32.2. The maximum absolute atomic E-state index is 13.7. The van der Waals surface area contributed by atoms with E-state index in [-0.39, 0.29) is 11.4 Å². The van der Waals surface area contributed by atoms with Gasteiger partial charge in [0, 0.05) is 23.7 Å². The van der Waals surface area contributed by atoms with E-state index in [0.717, 1.165) is 47.5 Å². The SMILES string of the molecule is CCN1CCc2c(sc3nc(SCc4ccc(F)cc4)n(-c4ccccc4)c(=O)c23)C1. The molecule has 0 N–H and O–H groups in total. The fraction of sp³-hybridized carbons (Fsp3) is 0.250. The van der Waals surface area contributed by atoms with Gasteiger partial charge in [-0.2, -0.15) is 0 Å². The van der Waals surface area contributed by atoms with E-state index in [4.69, 9.17) is 4.98 Å². The molecule has 0 bridgehead atoms. The highest BCUT2D eigenvalue weighted by Gasteiger charge is 2.25. The van der Waals surface area contributed by atoms with Crippen LogP contribution in [0.15, 0.2) is 64.5 Å². The lowest BCUT2D eigenvalue weighted by molar-refractivity contribution is 0.272. The van der Waals surface area contributed by atoms with Crippen molar-refractivity contribution in [3.8, 4) is 5.69 Å². The smallest absolute Gasteiger partial charge is 0.267 e. The van der Waals surface area contributed by atoms with Crippen LogP contribution in [0.25, 0.3) is 15.9 Å². The molecule has 0 amide bonds. The first-order valence-electron chi connectivity index (χ1n) is 10.4. The fourth-order valence-electron chi connectivity index (χ4n) is 3.98. The minimum atomic E-state index is -0.250. The average molecular weight is 452 g/mol. The van der Waals surface area contributed by atoms with Crippen molar-refractivity contribution in [2.45, 2.75) is 30.8 Å². The van der Waals surface area contributed by atoms with Gasteiger partial charge in [-0.15, -0.1) is 11.3 Å². The van der Waals surface area contributed by atoms with Crippen LogP contribution in [0, 0.1) is 5.82 Å². The van der Waals surface area contributed by atoms with E-state index in [1.54, 1.807) is 28.0 Å². The minimum Gasteiger partial charge on any atom is -0.298 e. The number of aromatic nitrogens is 2. The van der Waals surface area contributed by atoms with Gasteiger partial charge in [0.05, 0.1) is 11.1 Å². The Balaban J connectivity index is 1.62. The number of hydrogen-bond acceptors (Lipinski definition) is 5. The number of thiophene rings is 1. The summed E-state index contributed by atoms with van der Waals surface area (Å²) >= 11 is 3.15. The van der Waals surface area contributed by atoms with Crippen molar-refractivity contribution in [3.05, 3.63) is 86.8 Å². The number of thioether (sulfide) groups is 1. The first kappa shape index (κ1) is 20.4. The van der Waals surface area contributed by atoms with Crippen molar-refractivity contribution in [3.63, 3.8) is 0 Å². The van der Waals surface area contributed by atoms with Crippen molar-refractivity contribution < 1.29 is 4.39 Å². The van der Waals surface area contributed by atoms with Gasteiger partial charge in [0.2, 0.25) is 0 Å². The molecule has 0 atom stereocenters. The van der Waals surface area contributed by atoms with E-state index < -0.39 is 0 Å². The molecule has 5 rings (SSSR count). The number of likely N-dealkylation sites (N-methyl/N-ethyl adjacent to an activating group) is 1. The zero-order chi connectivity index (χ0) is 21.4. The van der Waals surface area contributed by atoms with Crippen LogP contribution in [0.3, 0.4) is 0 Å². The second-order valence-electron chi connectivity index (χ2n) is 7.59. The normalized spacial score (nSPS) is 14.1. The summed E-state index contributed by atoms with van der Waals surface area (Å²) in [5.74, 6) is 0.361. The molecule has 31 heavy (non-hydrogen) atoms. The second-order valence-corrected chi connectivity index (χ2v) is 9.61. The van der Waals surface area contributed by atoms with Gasteiger partial charge in [-0.1, -0.05) is 49.0 Å². The first-order chi connectivity index (χ1) is 15.1. The Morgan fingerprint density at radius 1 is 1.13 bits per heavy atom. The molecular weight excluding hydrogens is 429 g/mol. The monoisotopic (exact) mass is 451 g/mol. The number of para-hydroxylation sites is 1. The predicted octanol–water partition coefficient (Wildman–Crippen LogP) is 5.26. The van der Waals surface area contributed by atoms with E-state index in [1.807, 2.05) is 30.3 Å². The molecule has 1 aliphatic heterocycles. The Morgan fingerprint density at radius 2 is 1.90 bits per heavy atom. The molecular formula is C24H22FN3OS2. The Morgan fingerprint density at radius 3 is 2.65 bits per heavy atom. The summed E-state index contributed by atoms with van der Waals surface area (Å²) in [4.78, 5) is 23.2. The summed E-state index contributed by atoms with van der Waals surface area (Å²) in [5.41, 5.74) is 2.97. The van der Waals surface area contributed by atoms with E-state index in [1.165, 1.54) is 34.3 Å². The van der Waals surface area contributed by atoms with Crippen molar-refractivity contribution in [1.29, 1.82) is 0 Å². The first-order valence-corrected chi connectivity index (χ1v) is 12.2. The molecule has 2 aromatic carbocycles. The van der Waals surface area contributed by atoms with Crippen LogP contribution in [-0.4, -0.2) is 27.5 Å². The molecule has 1 aliphatic rings. The fourth-order valence-corrected chi connectivity index (χ4v) is 6.25. The Hall–Kier alpha value is -2.48. The van der Waals surface area contributed by atoms with Crippen LogP contribution < -0.4 is 5.56 Å². The van der Waals surface area contributed by atoms with Crippen molar-refractivity contribution >= 4 is 33.3 Å². The number of hydrogen-bond donors (Lipinski definition) is 0. The van der Waals surface area contributed by atoms with E-state index >= 15 is 0 Å². The predicted molar refractivity (Wildman–Crippen MR) is 126 cm³/mol. The maximum Gasteiger partial charge on any atom is 0.267 e. The summed E-state index contributed by atoms with van der Waals surface area (Å²) in [5, 5.41) is 1.43. The van der Waals surface area contributed by atoms with Crippen LogP contribution >= 0.6 is 23.1 Å². The number of rotatable bonds is 5. The lowest BCUT2D eigenvalue weighted by Gasteiger charge is -2.25. The topological polar surface area (TPSA) is 38.1 Å². The standard InChI is InChI=1S/C24H22FN3OS2/c1-2-27-13-12-19-20(14-27)31-22-21(19)23(29)28(18-6-4-3-5-7-18)24(26-22)30-15-16-8-10-17(25)11-9-16/h3-11H,2,12-15H2,1H3. The molecule has 0 aliphatic carbocycles. The zero-order valence-corrected chi connectivity index (χ0v) is 18.8. The van der Waals surface area contributed by atoms with E-state index in [0.29, 0.717) is 10.9 Å². The molecule has 0 saturated carbocycles. The van der Waals surface area contributed by atoms with Crippen LogP contribution in [-0.2, 0) is 18.7 Å². The highest BCUT2D eigenvalue weighted by Crippen LogP contribution is 2.34. The van der Waals surface area contributed by atoms with Crippen LogP contribution in [0.2, 0.25) is 0 Å². The zero-order valence-electron chi connectivity index (χ0n) is 17.2. The van der Waals surface area contributed by atoms with Gasteiger partial charge in [-0.05, 0) is 48.4 Å². The van der Waals surface area contributed by atoms with Gasteiger partial charge in [-0.25, -0.2) is 9.37 Å². The molecule has 0 spiro atoms. The molecule has 3 heterocycles. The van der Waals surface area contributed by atoms with E-state index in [2.05, 4.69) is 11.8 Å². The number of nitrogens with zero attached hydrogens (tertiary/aromatic N) is 3. The Kier molecular flexibility index (Phi) is 5.65. The van der Waals surface area contributed by atoms with Gasteiger partial charge < -0.3 is 0 Å². The van der Waals surface area contributed by atoms with Crippen LogP contribution in [0.5, 0.6) is 0 Å². The number of fused-ring (bicyclic) bond motifs is 3. The van der Waals surface area contributed by atoms with Crippen molar-refractivity contribution in [2.24, 2.45) is 0 Å². The van der Waals surface area contributed by atoms with E-state index in [9.17, 15) is 9.18 Å². The molecule has 0 saturated heterocycles. The molecule has 0 fully saturated rings. The van der Waals surface area contributed by atoms with Crippen molar-refractivity contribution in [1.82, 2.24) is 14.5 Å². The molecule has 7 heteroatoms. The third-order valence-corrected chi connectivity index (χ3v) is 7.79. The lowest BCUT2D eigenvalue weighted by atomic mass is 10.1. The molecule has 158 valence electrons. The third-order valence-electron chi connectivity index (χ3n) is 5.67. The third kappa shape index (κ3) is 3.93. The van der Waals surface area contributed by atoms with Crippen molar-refractivity contribution in [2.75, 3.05) is 13.1 Å².